The zero-order chi connectivity index (χ0) is 23.2. The molecule has 0 saturated carbocycles. The van der Waals surface area contributed by atoms with E-state index in [2.05, 4.69) is 90.8 Å². The van der Waals surface area contributed by atoms with Crippen molar-refractivity contribution in [3.8, 4) is 0 Å². The molecule has 2 aromatic carbocycles. The number of allylic oxidation sites excluding steroid dienone is 1. The largest absolute Gasteiger partial charge is 0.313 e. The summed E-state index contributed by atoms with van der Waals surface area (Å²) in [6.45, 7) is 5.15. The Morgan fingerprint density at radius 1 is 0.903 bits per heavy atom. The molecule has 3 nitrogen and oxygen atoms in total. The molecule has 0 aliphatic carbocycles. The lowest BCUT2D eigenvalue weighted by molar-refractivity contribution is -0.572. The highest BCUT2D eigenvalue weighted by molar-refractivity contribution is 9.09. The summed E-state index contributed by atoms with van der Waals surface area (Å²) in [7, 11) is 1.97. The highest BCUT2D eigenvalue weighted by Crippen LogP contribution is 2.13. The maximum Gasteiger partial charge on any atom is 0.136 e. The molecule has 0 heterocycles. The Balaban J connectivity index is 0.00000212. The van der Waals surface area contributed by atoms with Crippen molar-refractivity contribution < 1.29 is 5.32 Å². The molecule has 31 heavy (non-hydrogen) atoms. The Morgan fingerprint density at radius 3 is 2.26 bits per heavy atom. The Hall–Kier alpha value is -1.43. The topological polar surface area (TPSA) is 32.2 Å². The lowest BCUT2D eigenvalue weighted by atomic mass is 10.1. The van der Waals surface area contributed by atoms with E-state index < -0.39 is 0 Å². The van der Waals surface area contributed by atoms with Crippen LogP contribution in [0.5, 0.6) is 0 Å². The van der Waals surface area contributed by atoms with Crippen LogP contribution in [-0.2, 0) is 0 Å². The third-order valence-electron chi connectivity index (χ3n) is 4.37. The van der Waals surface area contributed by atoms with E-state index in [9.17, 15) is 0 Å². The van der Waals surface area contributed by atoms with Gasteiger partial charge in [-0.3, -0.25) is 5.01 Å². The van der Waals surface area contributed by atoms with Crippen molar-refractivity contribution in [2.24, 2.45) is 5.10 Å². The van der Waals surface area contributed by atoms with Crippen LogP contribution in [0.15, 0.2) is 65.8 Å². The van der Waals surface area contributed by atoms with Crippen molar-refractivity contribution in [2.45, 2.75) is 46.0 Å². The van der Waals surface area contributed by atoms with Gasteiger partial charge in [-0.05, 0) is 49.4 Å². The molecule has 2 rings (SSSR count). The molecule has 0 aliphatic rings. The minimum Gasteiger partial charge on any atom is -0.313 e. The summed E-state index contributed by atoms with van der Waals surface area (Å²) in [5, 5.41) is 9.86. The SMILES string of the molecule is CBr.CC.CN(/N=C/C/C=C\c1ccccc1[NH2+]CCCCCCBr)c1ccccc1. The number of nitrogens with two attached hydrogens (primary N) is 1. The van der Waals surface area contributed by atoms with Gasteiger partial charge >= 0.3 is 0 Å². The highest BCUT2D eigenvalue weighted by atomic mass is 79.9. The predicted octanol–water partition coefficient (Wildman–Crippen LogP) is 7.40. The van der Waals surface area contributed by atoms with Gasteiger partial charge in [0.2, 0.25) is 0 Å². The molecule has 2 N–H and O–H groups in total. The van der Waals surface area contributed by atoms with Gasteiger partial charge in [-0.15, -0.1) is 0 Å². The number of anilines is 1. The third-order valence-corrected chi connectivity index (χ3v) is 4.93. The number of nitrogens with zero attached hydrogens (tertiary/aromatic N) is 2. The molecule has 0 radical (unpaired) electrons. The number of halogens is 2. The first-order chi connectivity index (χ1) is 15.3. The van der Waals surface area contributed by atoms with Crippen LogP contribution in [0, 0.1) is 0 Å². The van der Waals surface area contributed by atoms with E-state index >= 15 is 0 Å². The number of para-hydroxylation sites is 2. The van der Waals surface area contributed by atoms with Crippen LogP contribution in [0.4, 0.5) is 11.4 Å². The van der Waals surface area contributed by atoms with E-state index in [1.807, 2.05) is 56.2 Å². The van der Waals surface area contributed by atoms with E-state index in [1.54, 1.807) is 0 Å². The van der Waals surface area contributed by atoms with Crippen molar-refractivity contribution in [2.75, 3.05) is 29.8 Å². The zero-order valence-corrected chi connectivity index (χ0v) is 22.8. The summed E-state index contributed by atoms with van der Waals surface area (Å²) >= 11 is 6.43. The number of hydrazone groups is 1. The number of unbranched alkanes of at least 4 members (excludes halogenated alkanes) is 3. The minimum atomic E-state index is 0.818. The second-order valence-corrected chi connectivity index (χ2v) is 7.31. The molecule has 0 atom stereocenters. The average Bonchev–Trinajstić information content (AvgIpc) is 2.85. The molecule has 0 saturated heterocycles. The predicted molar refractivity (Wildman–Crippen MR) is 148 cm³/mol. The summed E-state index contributed by atoms with van der Waals surface area (Å²) in [6, 6.07) is 18.8. The molecule has 0 aliphatic heterocycles. The Morgan fingerprint density at radius 2 is 1.55 bits per heavy atom. The molecule has 2 aromatic rings. The quantitative estimate of drug-likeness (QED) is 0.0958. The molecule has 0 unspecified atom stereocenters. The van der Waals surface area contributed by atoms with Crippen LogP contribution in [0.3, 0.4) is 0 Å². The maximum absolute atomic E-state index is 4.48. The van der Waals surface area contributed by atoms with Crippen molar-refractivity contribution in [1.82, 2.24) is 0 Å². The number of hydrogen-bond acceptors (Lipinski definition) is 2. The first-order valence-electron chi connectivity index (χ1n) is 11.1. The van der Waals surface area contributed by atoms with Gasteiger partial charge in [-0.1, -0.05) is 94.6 Å². The normalized spacial score (nSPS) is 10.4. The lowest BCUT2D eigenvalue weighted by Crippen LogP contribution is -2.78. The summed E-state index contributed by atoms with van der Waals surface area (Å²) in [5.74, 6) is 1.81. The van der Waals surface area contributed by atoms with E-state index in [1.165, 1.54) is 36.9 Å². The lowest BCUT2D eigenvalue weighted by Gasteiger charge is -2.11. The van der Waals surface area contributed by atoms with Crippen LogP contribution >= 0.6 is 31.9 Å². The van der Waals surface area contributed by atoms with Crippen LogP contribution in [-0.4, -0.2) is 31.0 Å². The first-order valence-corrected chi connectivity index (χ1v) is 13.9. The maximum atomic E-state index is 4.48. The fourth-order valence-corrected chi connectivity index (χ4v) is 3.23. The van der Waals surface area contributed by atoms with Crippen molar-refractivity contribution >= 4 is 55.5 Å². The van der Waals surface area contributed by atoms with Crippen LogP contribution in [0.25, 0.3) is 6.08 Å². The smallest absolute Gasteiger partial charge is 0.136 e. The molecular formula is C26H40Br2N3+. The minimum absolute atomic E-state index is 0.818. The van der Waals surface area contributed by atoms with Crippen molar-refractivity contribution in [3.05, 3.63) is 66.2 Å². The Kier molecular flexibility index (Phi) is 20.8. The van der Waals surface area contributed by atoms with Crippen LogP contribution in [0.2, 0.25) is 0 Å². The summed E-state index contributed by atoms with van der Waals surface area (Å²) in [4.78, 5) is 0. The summed E-state index contributed by atoms with van der Waals surface area (Å²) < 4.78 is 0. The molecule has 0 fully saturated rings. The second-order valence-electron chi connectivity index (χ2n) is 6.52. The van der Waals surface area contributed by atoms with Gasteiger partial charge in [0.05, 0.1) is 12.2 Å². The van der Waals surface area contributed by atoms with Gasteiger partial charge in [0.1, 0.15) is 5.69 Å². The first kappa shape index (κ1) is 29.6. The van der Waals surface area contributed by atoms with Gasteiger partial charge in [0.25, 0.3) is 0 Å². The average molecular weight is 554 g/mol. The number of benzene rings is 2. The standard InChI is InChI=1S/C23H30BrN3.C2H6.CH3Br/c1-27(22-15-5-4-6-16-22)26-20-12-9-14-21-13-7-8-17-23(21)25-19-11-3-2-10-18-24;2*1-2/h4-9,13-17,20,25H,2-3,10-12,18-19H2,1H3;1-2H3;1H3/p+1/b14-9-,26-20+;;. The fourth-order valence-electron chi connectivity index (χ4n) is 2.83. The highest BCUT2D eigenvalue weighted by Gasteiger charge is 2.02. The number of alkyl halides is 2. The third kappa shape index (κ3) is 14.3. The summed E-state index contributed by atoms with van der Waals surface area (Å²) in [5.41, 5.74) is 3.70. The molecule has 172 valence electrons. The van der Waals surface area contributed by atoms with E-state index in [0.717, 1.165) is 24.0 Å². The van der Waals surface area contributed by atoms with Crippen molar-refractivity contribution in [3.63, 3.8) is 0 Å². The molecule has 0 spiro atoms. The molecule has 0 bridgehead atoms. The van der Waals surface area contributed by atoms with Crippen molar-refractivity contribution in [1.29, 1.82) is 0 Å². The van der Waals surface area contributed by atoms with Gasteiger partial charge in [-0.2, -0.15) is 5.10 Å². The van der Waals surface area contributed by atoms with Gasteiger partial charge in [0, 0.05) is 30.6 Å². The van der Waals surface area contributed by atoms with Crippen LogP contribution in [0.1, 0.15) is 51.5 Å². The van der Waals surface area contributed by atoms with Gasteiger partial charge in [-0.25, -0.2) is 0 Å². The van der Waals surface area contributed by atoms with E-state index in [0.29, 0.717) is 0 Å². The number of hydrogen-bond donors (Lipinski definition) is 1. The van der Waals surface area contributed by atoms with Gasteiger partial charge < -0.3 is 5.32 Å². The monoisotopic (exact) mass is 552 g/mol. The van der Waals surface area contributed by atoms with Crippen LogP contribution < -0.4 is 10.3 Å². The molecular weight excluding hydrogens is 514 g/mol. The van der Waals surface area contributed by atoms with E-state index in [4.69, 9.17) is 0 Å². The molecule has 5 heteroatoms. The zero-order valence-electron chi connectivity index (χ0n) is 19.6. The second kappa shape index (κ2) is 21.8. The van der Waals surface area contributed by atoms with E-state index in [-0.39, 0.29) is 0 Å². The Bertz CT molecular complexity index is 703. The molecule has 0 amide bonds. The Labute approximate surface area is 207 Å². The number of rotatable bonds is 12. The summed E-state index contributed by atoms with van der Waals surface area (Å²) in [6.07, 6.45) is 12.3. The number of quaternary nitrogens is 1. The van der Waals surface area contributed by atoms with Gasteiger partial charge in [0.15, 0.2) is 0 Å². The molecule has 0 aromatic heterocycles. The fraction of sp³-hybridized carbons (Fsp3) is 0.423.